The Balaban J connectivity index is 2.01. The molecule has 0 radical (unpaired) electrons. The fourth-order valence-corrected chi connectivity index (χ4v) is 3.38. The summed E-state index contributed by atoms with van der Waals surface area (Å²) in [5, 5.41) is 0.512. The molecule has 0 saturated carbocycles. The van der Waals surface area contributed by atoms with Gasteiger partial charge in [0.1, 0.15) is 0 Å². The van der Waals surface area contributed by atoms with Crippen molar-refractivity contribution in [3.8, 4) is 0 Å². The second-order valence-electron chi connectivity index (χ2n) is 4.59. The van der Waals surface area contributed by atoms with E-state index in [4.69, 9.17) is 11.6 Å². The van der Waals surface area contributed by atoms with Crippen molar-refractivity contribution < 1.29 is 8.42 Å². The third-order valence-corrected chi connectivity index (χ3v) is 4.78. The Morgan fingerprint density at radius 3 is 2.52 bits per heavy atom. The van der Waals surface area contributed by atoms with Gasteiger partial charge in [0.25, 0.3) is 0 Å². The van der Waals surface area contributed by atoms with Crippen LogP contribution in [0.2, 0.25) is 5.02 Å². The van der Waals surface area contributed by atoms with Crippen molar-refractivity contribution in [2.45, 2.75) is 10.8 Å². The van der Waals surface area contributed by atoms with Crippen molar-refractivity contribution in [1.29, 1.82) is 0 Å². The van der Waals surface area contributed by atoms with E-state index in [1.54, 1.807) is 42.5 Å². The highest BCUT2D eigenvalue weighted by atomic mass is 35.5. The molecule has 0 atom stereocenters. The van der Waals surface area contributed by atoms with Gasteiger partial charge in [-0.1, -0.05) is 41.9 Å². The molecular weight excluding hydrogens is 308 g/mol. The van der Waals surface area contributed by atoms with E-state index in [2.05, 4.69) is 9.97 Å². The molecule has 2 aromatic carbocycles. The minimum absolute atomic E-state index is 0.0267. The van der Waals surface area contributed by atoms with E-state index < -0.39 is 9.84 Å². The van der Waals surface area contributed by atoms with Crippen molar-refractivity contribution in [3.05, 3.63) is 65.3 Å². The van der Waals surface area contributed by atoms with Crippen LogP contribution in [0.3, 0.4) is 0 Å². The second-order valence-corrected chi connectivity index (χ2v) is 6.96. The van der Waals surface area contributed by atoms with Crippen molar-refractivity contribution in [1.82, 2.24) is 9.97 Å². The highest BCUT2D eigenvalue weighted by Gasteiger charge is 2.18. The Kier molecular flexibility index (Phi) is 3.61. The van der Waals surface area contributed by atoms with Crippen molar-refractivity contribution in [2.75, 3.05) is 0 Å². The van der Waals surface area contributed by atoms with Crippen molar-refractivity contribution in [2.24, 2.45) is 0 Å². The van der Waals surface area contributed by atoms with Gasteiger partial charge in [-0.05, 0) is 23.8 Å². The van der Waals surface area contributed by atoms with Crippen molar-refractivity contribution in [3.63, 3.8) is 0 Å². The van der Waals surface area contributed by atoms with Gasteiger partial charge in [-0.15, -0.1) is 0 Å². The number of hydrogen-bond donors (Lipinski definition) is 0. The normalized spacial score (nSPS) is 11.7. The molecule has 3 aromatic rings. The summed E-state index contributed by atoms with van der Waals surface area (Å²) in [5.74, 6) is -0.0956. The average molecular weight is 319 g/mol. The third kappa shape index (κ3) is 3.04. The third-order valence-electron chi connectivity index (χ3n) is 3.00. The number of hydrogen-bond acceptors (Lipinski definition) is 4. The first-order valence-corrected chi connectivity index (χ1v) is 8.27. The molecule has 0 aliphatic carbocycles. The van der Waals surface area contributed by atoms with E-state index in [0.29, 0.717) is 16.1 Å². The van der Waals surface area contributed by atoms with Gasteiger partial charge < -0.3 is 0 Å². The fourth-order valence-electron chi connectivity index (χ4n) is 1.98. The van der Waals surface area contributed by atoms with Gasteiger partial charge in [0.05, 0.1) is 23.0 Å². The molecule has 106 valence electrons. The van der Waals surface area contributed by atoms with Gasteiger partial charge >= 0.3 is 0 Å². The molecule has 0 saturated heterocycles. The molecule has 1 aromatic heterocycles. The van der Waals surface area contributed by atoms with Gasteiger partial charge in [0.15, 0.2) is 5.03 Å². The summed E-state index contributed by atoms with van der Waals surface area (Å²) < 4.78 is 24.8. The monoisotopic (exact) mass is 318 g/mol. The smallest absolute Gasteiger partial charge is 0.201 e. The number of fused-ring (bicyclic) bond motifs is 1. The minimum atomic E-state index is -3.52. The van der Waals surface area contributed by atoms with Crippen LogP contribution in [-0.2, 0) is 15.6 Å². The molecule has 0 spiro atoms. The lowest BCUT2D eigenvalue weighted by molar-refractivity contribution is 0.591. The van der Waals surface area contributed by atoms with E-state index >= 15 is 0 Å². The second kappa shape index (κ2) is 5.42. The van der Waals surface area contributed by atoms with E-state index in [1.807, 2.05) is 6.07 Å². The summed E-state index contributed by atoms with van der Waals surface area (Å²) in [5.41, 5.74) is 1.80. The lowest BCUT2D eigenvalue weighted by Crippen LogP contribution is -2.07. The summed E-state index contributed by atoms with van der Waals surface area (Å²) in [7, 11) is -3.52. The van der Waals surface area contributed by atoms with E-state index in [1.165, 1.54) is 6.20 Å². The highest BCUT2D eigenvalue weighted by Crippen LogP contribution is 2.19. The van der Waals surface area contributed by atoms with Crippen LogP contribution in [0.25, 0.3) is 11.0 Å². The van der Waals surface area contributed by atoms with Gasteiger partial charge in [0, 0.05) is 5.02 Å². The quantitative estimate of drug-likeness (QED) is 0.743. The Labute approximate surface area is 127 Å². The van der Waals surface area contributed by atoms with E-state index in [9.17, 15) is 8.42 Å². The molecule has 0 bridgehead atoms. The lowest BCUT2D eigenvalue weighted by Gasteiger charge is -2.05. The lowest BCUT2D eigenvalue weighted by atomic mass is 10.2. The molecule has 0 fully saturated rings. The van der Waals surface area contributed by atoms with E-state index in [-0.39, 0.29) is 10.8 Å². The fraction of sp³-hybridized carbons (Fsp3) is 0.0667. The summed E-state index contributed by atoms with van der Waals surface area (Å²) in [4.78, 5) is 8.30. The maximum atomic E-state index is 12.4. The molecule has 0 aliphatic rings. The van der Waals surface area contributed by atoms with Crippen LogP contribution >= 0.6 is 11.6 Å². The largest absolute Gasteiger partial charge is 0.252 e. The van der Waals surface area contributed by atoms with Gasteiger partial charge in [-0.3, -0.25) is 4.98 Å². The Morgan fingerprint density at radius 1 is 1.00 bits per heavy atom. The molecule has 0 N–H and O–H groups in total. The predicted octanol–water partition coefficient (Wildman–Crippen LogP) is 3.26. The van der Waals surface area contributed by atoms with Gasteiger partial charge in [0.2, 0.25) is 9.84 Å². The van der Waals surface area contributed by atoms with Crippen LogP contribution in [0.15, 0.2) is 59.8 Å². The molecule has 1 heterocycles. The Morgan fingerprint density at radius 2 is 1.76 bits per heavy atom. The zero-order chi connectivity index (χ0) is 14.9. The summed E-state index contributed by atoms with van der Waals surface area (Å²) in [6.45, 7) is 0. The number of benzene rings is 2. The van der Waals surface area contributed by atoms with Crippen LogP contribution in [-0.4, -0.2) is 18.4 Å². The number of sulfone groups is 1. The molecule has 6 heteroatoms. The van der Waals surface area contributed by atoms with E-state index in [0.717, 1.165) is 5.56 Å². The zero-order valence-corrected chi connectivity index (χ0v) is 12.5. The molecular formula is C15H11ClN2O2S. The first-order valence-electron chi connectivity index (χ1n) is 6.24. The topological polar surface area (TPSA) is 59.9 Å². The average Bonchev–Trinajstić information content (AvgIpc) is 2.47. The number of nitrogens with zero attached hydrogens (tertiary/aromatic N) is 2. The molecule has 0 amide bonds. The van der Waals surface area contributed by atoms with Gasteiger partial charge in [-0.25, -0.2) is 13.4 Å². The number of rotatable bonds is 3. The van der Waals surface area contributed by atoms with Crippen LogP contribution in [0, 0.1) is 0 Å². The molecule has 0 unspecified atom stereocenters. The van der Waals surface area contributed by atoms with Crippen molar-refractivity contribution >= 4 is 32.5 Å². The summed E-state index contributed by atoms with van der Waals surface area (Å²) in [6, 6.07) is 14.0. The number of halogens is 1. The summed E-state index contributed by atoms with van der Waals surface area (Å²) >= 11 is 5.87. The number of aromatic nitrogens is 2. The zero-order valence-electron chi connectivity index (χ0n) is 10.9. The SMILES string of the molecule is O=S(=O)(Cc1ccccc1)c1cnc2cc(Cl)ccc2n1. The standard InChI is InChI=1S/C15H11ClN2O2S/c16-12-6-7-13-14(8-12)17-9-15(18-13)21(19,20)10-11-4-2-1-3-5-11/h1-9H,10H2. The Bertz CT molecular complexity index is 896. The molecule has 3 rings (SSSR count). The first kappa shape index (κ1) is 14.0. The Hall–Kier alpha value is -1.98. The maximum Gasteiger partial charge on any atom is 0.201 e. The van der Waals surface area contributed by atoms with Gasteiger partial charge in [-0.2, -0.15) is 0 Å². The van der Waals surface area contributed by atoms with Crippen LogP contribution in [0.1, 0.15) is 5.56 Å². The van der Waals surface area contributed by atoms with Crippen LogP contribution < -0.4 is 0 Å². The minimum Gasteiger partial charge on any atom is -0.252 e. The van der Waals surface area contributed by atoms with Crippen LogP contribution in [0.5, 0.6) is 0 Å². The maximum absolute atomic E-state index is 12.4. The predicted molar refractivity (Wildman–Crippen MR) is 81.9 cm³/mol. The first-order chi connectivity index (χ1) is 10.0. The summed E-state index contributed by atoms with van der Waals surface area (Å²) in [6.07, 6.45) is 1.27. The van der Waals surface area contributed by atoms with Crippen LogP contribution in [0.4, 0.5) is 0 Å². The molecule has 21 heavy (non-hydrogen) atoms. The highest BCUT2D eigenvalue weighted by molar-refractivity contribution is 7.90. The molecule has 0 aliphatic heterocycles. The molecule has 4 nitrogen and oxygen atoms in total.